The van der Waals surface area contributed by atoms with Crippen molar-refractivity contribution in [2.24, 2.45) is 0 Å². The molecule has 0 unspecified atom stereocenters. The van der Waals surface area contributed by atoms with Crippen molar-refractivity contribution in [2.75, 3.05) is 13.2 Å². The standard InChI is InChI=1S/C18H20ClN3O2/c19-13-6-4-12(5-7-13)18(8-10-24-11-9-18)20-17(23)16-14-2-1-3-15(14)21-22-16/h4-7H,1-3,8-11H2,(H,20,23)(H,21,22). The third-order valence-corrected chi connectivity index (χ3v) is 5.37. The Labute approximate surface area is 145 Å². The second-order valence-electron chi connectivity index (χ2n) is 6.54. The smallest absolute Gasteiger partial charge is 0.272 e. The van der Waals surface area contributed by atoms with Gasteiger partial charge in [0.05, 0.1) is 5.54 Å². The molecule has 1 saturated heterocycles. The molecule has 0 atom stereocenters. The summed E-state index contributed by atoms with van der Waals surface area (Å²) >= 11 is 6.02. The maximum absolute atomic E-state index is 12.9. The van der Waals surface area contributed by atoms with Crippen molar-refractivity contribution in [2.45, 2.75) is 37.6 Å². The van der Waals surface area contributed by atoms with Crippen LogP contribution in [0.25, 0.3) is 0 Å². The van der Waals surface area contributed by atoms with E-state index in [9.17, 15) is 4.79 Å². The molecule has 0 bridgehead atoms. The van der Waals surface area contributed by atoms with Gasteiger partial charge in [0.15, 0.2) is 5.69 Å². The van der Waals surface area contributed by atoms with Crippen molar-refractivity contribution in [1.82, 2.24) is 15.5 Å². The Kier molecular flexibility index (Phi) is 4.06. The number of amides is 1. The van der Waals surface area contributed by atoms with E-state index < -0.39 is 5.54 Å². The van der Waals surface area contributed by atoms with E-state index in [0.29, 0.717) is 23.9 Å². The minimum absolute atomic E-state index is 0.105. The SMILES string of the molecule is O=C(NC1(c2ccc(Cl)cc2)CCOCC1)c1n[nH]c2c1CCC2. The Morgan fingerprint density at radius 1 is 1.21 bits per heavy atom. The van der Waals surface area contributed by atoms with Gasteiger partial charge in [0.2, 0.25) is 0 Å². The number of H-pyrrole nitrogens is 1. The van der Waals surface area contributed by atoms with E-state index in [4.69, 9.17) is 16.3 Å². The van der Waals surface area contributed by atoms with Crippen molar-refractivity contribution in [3.63, 3.8) is 0 Å². The van der Waals surface area contributed by atoms with Crippen LogP contribution in [0.1, 0.15) is 46.6 Å². The normalized spacial score (nSPS) is 19.0. The van der Waals surface area contributed by atoms with E-state index >= 15 is 0 Å². The molecular formula is C18H20ClN3O2. The minimum Gasteiger partial charge on any atom is -0.381 e. The van der Waals surface area contributed by atoms with Crippen molar-refractivity contribution >= 4 is 17.5 Å². The van der Waals surface area contributed by atoms with Gasteiger partial charge >= 0.3 is 0 Å². The number of rotatable bonds is 3. The molecule has 1 aliphatic carbocycles. The lowest BCUT2D eigenvalue weighted by atomic mass is 9.82. The zero-order chi connectivity index (χ0) is 16.6. The third kappa shape index (κ3) is 2.72. The molecular weight excluding hydrogens is 326 g/mol. The molecule has 1 fully saturated rings. The average Bonchev–Trinajstić information content (AvgIpc) is 3.19. The number of hydrogen-bond acceptors (Lipinski definition) is 3. The molecule has 4 rings (SSSR count). The first-order valence-corrected chi connectivity index (χ1v) is 8.78. The highest BCUT2D eigenvalue weighted by molar-refractivity contribution is 6.30. The van der Waals surface area contributed by atoms with Crippen LogP contribution in [0.2, 0.25) is 5.02 Å². The second kappa shape index (κ2) is 6.22. The Morgan fingerprint density at radius 2 is 1.96 bits per heavy atom. The summed E-state index contributed by atoms with van der Waals surface area (Å²) in [5, 5.41) is 11.2. The molecule has 2 heterocycles. The monoisotopic (exact) mass is 345 g/mol. The molecule has 5 nitrogen and oxygen atoms in total. The van der Waals surface area contributed by atoms with E-state index in [-0.39, 0.29) is 5.91 Å². The fraction of sp³-hybridized carbons (Fsp3) is 0.444. The van der Waals surface area contributed by atoms with E-state index in [1.807, 2.05) is 24.3 Å². The Balaban J connectivity index is 1.64. The highest BCUT2D eigenvalue weighted by Gasteiger charge is 2.37. The number of ether oxygens (including phenoxy) is 1. The van der Waals surface area contributed by atoms with E-state index in [0.717, 1.165) is 48.9 Å². The van der Waals surface area contributed by atoms with Gasteiger partial charge in [-0.1, -0.05) is 23.7 Å². The Hall–Kier alpha value is -1.85. The first-order chi connectivity index (χ1) is 11.7. The summed E-state index contributed by atoms with van der Waals surface area (Å²) in [6, 6.07) is 7.71. The largest absolute Gasteiger partial charge is 0.381 e. The quantitative estimate of drug-likeness (QED) is 0.898. The number of fused-ring (bicyclic) bond motifs is 1. The molecule has 2 aliphatic rings. The molecule has 1 aliphatic heterocycles. The number of nitrogens with one attached hydrogen (secondary N) is 2. The molecule has 0 saturated carbocycles. The number of nitrogens with zero attached hydrogens (tertiary/aromatic N) is 1. The van der Waals surface area contributed by atoms with Crippen molar-refractivity contribution in [3.05, 3.63) is 51.8 Å². The topological polar surface area (TPSA) is 67.0 Å². The fourth-order valence-corrected chi connectivity index (χ4v) is 3.88. The number of aryl methyl sites for hydroxylation is 1. The van der Waals surface area contributed by atoms with E-state index in [1.54, 1.807) is 0 Å². The highest BCUT2D eigenvalue weighted by Crippen LogP contribution is 2.34. The zero-order valence-corrected chi connectivity index (χ0v) is 14.2. The lowest BCUT2D eigenvalue weighted by Crippen LogP contribution is -2.49. The average molecular weight is 346 g/mol. The first kappa shape index (κ1) is 15.7. The van der Waals surface area contributed by atoms with Gasteiger partial charge in [0, 0.05) is 29.5 Å². The molecule has 6 heteroatoms. The van der Waals surface area contributed by atoms with Gasteiger partial charge in [-0.15, -0.1) is 0 Å². The summed E-state index contributed by atoms with van der Waals surface area (Å²) in [5.41, 5.74) is 3.36. The van der Waals surface area contributed by atoms with Crippen LogP contribution in [0.15, 0.2) is 24.3 Å². The lowest BCUT2D eigenvalue weighted by Gasteiger charge is -2.38. The van der Waals surface area contributed by atoms with Crippen molar-refractivity contribution in [1.29, 1.82) is 0 Å². The number of carbonyl (C=O) groups is 1. The summed E-state index contributed by atoms with van der Waals surface area (Å²) in [6.07, 6.45) is 4.47. The molecule has 2 aromatic rings. The van der Waals surface area contributed by atoms with Crippen LogP contribution in [0.4, 0.5) is 0 Å². The summed E-state index contributed by atoms with van der Waals surface area (Å²) in [4.78, 5) is 12.9. The van der Waals surface area contributed by atoms with Gasteiger partial charge in [0.25, 0.3) is 5.91 Å². The van der Waals surface area contributed by atoms with Crippen LogP contribution in [0.3, 0.4) is 0 Å². The Bertz CT molecular complexity index is 748. The van der Waals surface area contributed by atoms with Gasteiger partial charge in [-0.3, -0.25) is 9.89 Å². The molecule has 0 spiro atoms. The van der Waals surface area contributed by atoms with E-state index in [1.165, 1.54) is 0 Å². The van der Waals surface area contributed by atoms with Crippen LogP contribution in [-0.2, 0) is 23.1 Å². The van der Waals surface area contributed by atoms with Gasteiger partial charge in [0.1, 0.15) is 0 Å². The molecule has 1 aromatic heterocycles. The molecule has 126 valence electrons. The summed E-state index contributed by atoms with van der Waals surface area (Å²) in [6.45, 7) is 1.25. The maximum atomic E-state index is 12.9. The van der Waals surface area contributed by atoms with Crippen LogP contribution in [0, 0.1) is 0 Å². The predicted octanol–water partition coefficient (Wildman–Crippen LogP) is 2.99. The number of halogens is 1. The van der Waals surface area contributed by atoms with Crippen molar-refractivity contribution < 1.29 is 9.53 Å². The molecule has 1 amide bonds. The maximum Gasteiger partial charge on any atom is 0.272 e. The van der Waals surface area contributed by atoms with Crippen LogP contribution in [0.5, 0.6) is 0 Å². The molecule has 1 aromatic carbocycles. The van der Waals surface area contributed by atoms with Crippen LogP contribution < -0.4 is 5.32 Å². The summed E-state index contributed by atoms with van der Waals surface area (Å²) in [5.74, 6) is -0.105. The van der Waals surface area contributed by atoms with Gasteiger partial charge in [-0.2, -0.15) is 5.10 Å². The minimum atomic E-state index is -0.426. The van der Waals surface area contributed by atoms with Crippen molar-refractivity contribution in [3.8, 4) is 0 Å². The molecule has 2 N–H and O–H groups in total. The lowest BCUT2D eigenvalue weighted by molar-refractivity contribution is 0.0344. The third-order valence-electron chi connectivity index (χ3n) is 5.12. The predicted molar refractivity (Wildman–Crippen MR) is 91.3 cm³/mol. The number of aromatic nitrogens is 2. The van der Waals surface area contributed by atoms with Crippen LogP contribution >= 0.6 is 11.6 Å². The van der Waals surface area contributed by atoms with Gasteiger partial charge < -0.3 is 10.1 Å². The van der Waals surface area contributed by atoms with Gasteiger partial charge in [-0.25, -0.2) is 0 Å². The Morgan fingerprint density at radius 3 is 2.71 bits per heavy atom. The number of aromatic amines is 1. The van der Waals surface area contributed by atoms with E-state index in [2.05, 4.69) is 15.5 Å². The zero-order valence-electron chi connectivity index (χ0n) is 13.4. The number of benzene rings is 1. The summed E-state index contributed by atoms with van der Waals surface area (Å²) < 4.78 is 5.52. The molecule has 24 heavy (non-hydrogen) atoms. The number of hydrogen-bond donors (Lipinski definition) is 2. The van der Waals surface area contributed by atoms with Gasteiger partial charge in [-0.05, 0) is 49.8 Å². The highest BCUT2D eigenvalue weighted by atomic mass is 35.5. The summed E-state index contributed by atoms with van der Waals surface area (Å²) in [7, 11) is 0. The fourth-order valence-electron chi connectivity index (χ4n) is 3.76. The number of carbonyl (C=O) groups excluding carboxylic acids is 1. The second-order valence-corrected chi connectivity index (χ2v) is 6.97. The first-order valence-electron chi connectivity index (χ1n) is 8.40. The van der Waals surface area contributed by atoms with Crippen LogP contribution in [-0.4, -0.2) is 29.3 Å². The molecule has 0 radical (unpaired) electrons.